The minimum Gasteiger partial charge on any atom is -0.207 e. The van der Waals surface area contributed by atoms with Crippen LogP contribution < -0.4 is 0 Å². The molecule has 0 spiro atoms. The second kappa shape index (κ2) is 4.84. The molecule has 0 atom stereocenters. The maximum absolute atomic E-state index is 12.8. The van der Waals surface area contributed by atoms with E-state index in [0.717, 1.165) is 21.2 Å². The van der Waals surface area contributed by atoms with Crippen LogP contribution in [0.2, 0.25) is 0 Å². The van der Waals surface area contributed by atoms with Gasteiger partial charge in [-0.3, -0.25) is 0 Å². The Morgan fingerprint density at radius 3 is 2.35 bits per heavy atom. The normalized spacial score (nSPS) is 10.3. The Labute approximate surface area is 109 Å². The molecule has 2 aromatic rings. The van der Waals surface area contributed by atoms with Gasteiger partial charge in [0.15, 0.2) is 0 Å². The first kappa shape index (κ1) is 12.1. The summed E-state index contributed by atoms with van der Waals surface area (Å²) in [6, 6.07) is 12.5. The summed E-state index contributed by atoms with van der Waals surface area (Å²) in [5.41, 5.74) is 4.03. The molecule has 17 heavy (non-hydrogen) atoms. The molecule has 0 aliphatic heterocycles. The first-order chi connectivity index (χ1) is 8.08. The van der Waals surface area contributed by atoms with E-state index in [1.807, 2.05) is 25.1 Å². The Morgan fingerprint density at radius 1 is 1.12 bits per heavy atom. The monoisotopic (exact) mass is 290 g/mol. The number of hydrogen-bond acceptors (Lipinski definition) is 0. The standard InChI is InChI=1S/C15H12BrF/c1-10-3-8-14(15(16)9-10)11(2)12-4-6-13(17)7-5-12/h3-9H,2H2,1H3. The number of halogens is 2. The Balaban J connectivity index is 2.40. The summed E-state index contributed by atoms with van der Waals surface area (Å²) in [6.45, 7) is 6.10. The first-order valence-corrected chi connectivity index (χ1v) is 6.08. The van der Waals surface area contributed by atoms with Gasteiger partial charge in [0.2, 0.25) is 0 Å². The van der Waals surface area contributed by atoms with Gasteiger partial charge in [0.25, 0.3) is 0 Å². The summed E-state index contributed by atoms with van der Waals surface area (Å²) in [6.07, 6.45) is 0. The van der Waals surface area contributed by atoms with Gasteiger partial charge in [-0.05, 0) is 47.4 Å². The van der Waals surface area contributed by atoms with Gasteiger partial charge in [0.1, 0.15) is 5.82 Å². The van der Waals surface area contributed by atoms with Crippen molar-refractivity contribution < 1.29 is 4.39 Å². The fourth-order valence-corrected chi connectivity index (χ4v) is 2.40. The van der Waals surface area contributed by atoms with Gasteiger partial charge in [0, 0.05) is 4.47 Å². The molecule has 2 aromatic carbocycles. The van der Waals surface area contributed by atoms with E-state index in [1.165, 1.54) is 17.7 Å². The van der Waals surface area contributed by atoms with Crippen molar-refractivity contribution in [2.45, 2.75) is 6.92 Å². The van der Waals surface area contributed by atoms with Crippen molar-refractivity contribution in [1.29, 1.82) is 0 Å². The van der Waals surface area contributed by atoms with Crippen molar-refractivity contribution in [3.63, 3.8) is 0 Å². The highest BCUT2D eigenvalue weighted by Crippen LogP contribution is 2.29. The largest absolute Gasteiger partial charge is 0.207 e. The van der Waals surface area contributed by atoms with Crippen LogP contribution in [0.4, 0.5) is 4.39 Å². The van der Waals surface area contributed by atoms with E-state index < -0.39 is 0 Å². The third-order valence-electron chi connectivity index (χ3n) is 2.64. The molecule has 86 valence electrons. The van der Waals surface area contributed by atoms with E-state index in [1.54, 1.807) is 12.1 Å². The fraction of sp³-hybridized carbons (Fsp3) is 0.0667. The number of rotatable bonds is 2. The summed E-state index contributed by atoms with van der Waals surface area (Å²) >= 11 is 3.52. The number of benzene rings is 2. The molecular formula is C15H12BrF. The van der Waals surface area contributed by atoms with Crippen molar-refractivity contribution >= 4 is 21.5 Å². The lowest BCUT2D eigenvalue weighted by Crippen LogP contribution is -1.89. The zero-order valence-electron chi connectivity index (χ0n) is 9.50. The molecule has 0 radical (unpaired) electrons. The Kier molecular flexibility index (Phi) is 3.43. The minimum atomic E-state index is -0.232. The fourth-order valence-electron chi connectivity index (χ4n) is 1.67. The topological polar surface area (TPSA) is 0 Å². The van der Waals surface area contributed by atoms with Crippen LogP contribution in [-0.4, -0.2) is 0 Å². The number of hydrogen-bond donors (Lipinski definition) is 0. The Bertz CT molecular complexity index is 556. The van der Waals surface area contributed by atoms with E-state index in [9.17, 15) is 4.39 Å². The predicted octanol–water partition coefficient (Wildman–Crippen LogP) is 4.96. The Hall–Kier alpha value is -1.41. The highest BCUT2D eigenvalue weighted by Gasteiger charge is 2.06. The molecule has 0 fully saturated rings. The molecule has 2 rings (SSSR count). The quantitative estimate of drug-likeness (QED) is 0.733. The molecule has 0 unspecified atom stereocenters. The van der Waals surface area contributed by atoms with Crippen LogP contribution in [0.15, 0.2) is 53.5 Å². The molecule has 0 aromatic heterocycles. The van der Waals surface area contributed by atoms with Crippen LogP contribution >= 0.6 is 15.9 Å². The van der Waals surface area contributed by atoms with Gasteiger partial charge in [-0.1, -0.05) is 46.8 Å². The van der Waals surface area contributed by atoms with Gasteiger partial charge in [-0.2, -0.15) is 0 Å². The van der Waals surface area contributed by atoms with Gasteiger partial charge in [0.05, 0.1) is 0 Å². The second-order valence-corrected chi connectivity index (χ2v) is 4.82. The molecule has 0 saturated carbocycles. The van der Waals surface area contributed by atoms with E-state index in [-0.39, 0.29) is 5.82 Å². The Morgan fingerprint density at radius 2 is 1.76 bits per heavy atom. The third-order valence-corrected chi connectivity index (χ3v) is 3.30. The van der Waals surface area contributed by atoms with E-state index in [2.05, 4.69) is 22.5 Å². The molecule has 0 N–H and O–H groups in total. The molecule has 0 bridgehead atoms. The molecule has 0 amide bonds. The predicted molar refractivity (Wildman–Crippen MR) is 73.4 cm³/mol. The molecule has 0 saturated heterocycles. The van der Waals surface area contributed by atoms with Crippen LogP contribution in [-0.2, 0) is 0 Å². The maximum Gasteiger partial charge on any atom is 0.123 e. The smallest absolute Gasteiger partial charge is 0.123 e. The molecule has 2 heteroatoms. The van der Waals surface area contributed by atoms with Crippen molar-refractivity contribution in [3.05, 3.63) is 76.0 Å². The molecule has 0 aliphatic carbocycles. The summed E-state index contributed by atoms with van der Waals surface area (Å²) < 4.78 is 13.9. The lowest BCUT2D eigenvalue weighted by molar-refractivity contribution is 0.627. The molecule has 0 aliphatic rings. The zero-order valence-corrected chi connectivity index (χ0v) is 11.1. The summed E-state index contributed by atoms with van der Waals surface area (Å²) in [5, 5.41) is 0. The summed E-state index contributed by atoms with van der Waals surface area (Å²) in [5.74, 6) is -0.232. The second-order valence-electron chi connectivity index (χ2n) is 3.97. The van der Waals surface area contributed by atoms with Crippen LogP contribution in [0, 0.1) is 12.7 Å². The van der Waals surface area contributed by atoms with Gasteiger partial charge < -0.3 is 0 Å². The first-order valence-electron chi connectivity index (χ1n) is 5.29. The SMILES string of the molecule is C=C(c1ccc(F)cc1)c1ccc(C)cc1Br. The van der Waals surface area contributed by atoms with Crippen LogP contribution in [0.25, 0.3) is 5.57 Å². The lowest BCUT2D eigenvalue weighted by atomic mass is 9.99. The van der Waals surface area contributed by atoms with Crippen LogP contribution in [0.3, 0.4) is 0 Å². The molecule has 0 heterocycles. The van der Waals surface area contributed by atoms with Crippen molar-refractivity contribution in [2.75, 3.05) is 0 Å². The van der Waals surface area contributed by atoms with Gasteiger partial charge >= 0.3 is 0 Å². The summed E-state index contributed by atoms with van der Waals surface area (Å²) in [7, 11) is 0. The van der Waals surface area contributed by atoms with E-state index in [0.29, 0.717) is 0 Å². The lowest BCUT2D eigenvalue weighted by Gasteiger charge is -2.09. The van der Waals surface area contributed by atoms with Crippen molar-refractivity contribution in [1.82, 2.24) is 0 Å². The summed E-state index contributed by atoms with van der Waals surface area (Å²) in [4.78, 5) is 0. The van der Waals surface area contributed by atoms with E-state index >= 15 is 0 Å². The van der Waals surface area contributed by atoms with Crippen molar-refractivity contribution in [2.24, 2.45) is 0 Å². The average Bonchev–Trinajstić information content (AvgIpc) is 2.29. The van der Waals surface area contributed by atoms with Crippen LogP contribution in [0.5, 0.6) is 0 Å². The minimum absolute atomic E-state index is 0.232. The zero-order chi connectivity index (χ0) is 12.4. The van der Waals surface area contributed by atoms with Crippen LogP contribution in [0.1, 0.15) is 16.7 Å². The molecular weight excluding hydrogens is 279 g/mol. The number of aryl methyl sites for hydroxylation is 1. The third kappa shape index (κ3) is 2.64. The average molecular weight is 291 g/mol. The maximum atomic E-state index is 12.8. The van der Waals surface area contributed by atoms with Gasteiger partial charge in [-0.25, -0.2) is 4.39 Å². The highest BCUT2D eigenvalue weighted by molar-refractivity contribution is 9.10. The molecule has 0 nitrogen and oxygen atoms in total. The highest BCUT2D eigenvalue weighted by atomic mass is 79.9. The van der Waals surface area contributed by atoms with Crippen molar-refractivity contribution in [3.8, 4) is 0 Å². The van der Waals surface area contributed by atoms with Gasteiger partial charge in [-0.15, -0.1) is 0 Å². The van der Waals surface area contributed by atoms with E-state index in [4.69, 9.17) is 0 Å².